The lowest BCUT2D eigenvalue weighted by Crippen LogP contribution is -2.27. The highest BCUT2D eigenvalue weighted by molar-refractivity contribution is 7.09. The Morgan fingerprint density at radius 1 is 1.18 bits per heavy atom. The number of H-pyrrole nitrogens is 1. The third-order valence-corrected chi connectivity index (χ3v) is 6.89. The SMILES string of the molecule is CC(C)CCNC(=O)c1csc(CN(CCc2c[nH]c3ccccc23)Cc2cccc(Cl)c2)n1. The van der Waals surface area contributed by atoms with Gasteiger partial charge in [-0.2, -0.15) is 0 Å². The quantitative estimate of drug-likeness (QED) is 0.257. The van der Waals surface area contributed by atoms with Crippen molar-refractivity contribution in [3.63, 3.8) is 0 Å². The molecule has 4 rings (SSSR count). The van der Waals surface area contributed by atoms with Gasteiger partial charge < -0.3 is 10.3 Å². The maximum Gasteiger partial charge on any atom is 0.270 e. The van der Waals surface area contributed by atoms with Gasteiger partial charge in [0.2, 0.25) is 0 Å². The summed E-state index contributed by atoms with van der Waals surface area (Å²) < 4.78 is 0. The number of para-hydroxylation sites is 1. The Bertz CT molecular complexity index is 1230. The highest BCUT2D eigenvalue weighted by Gasteiger charge is 2.15. The molecule has 4 aromatic rings. The van der Waals surface area contributed by atoms with Gasteiger partial charge in [0.25, 0.3) is 5.91 Å². The van der Waals surface area contributed by atoms with Crippen LogP contribution in [0.5, 0.6) is 0 Å². The number of nitrogens with zero attached hydrogens (tertiary/aromatic N) is 2. The molecule has 34 heavy (non-hydrogen) atoms. The average Bonchev–Trinajstić information content (AvgIpc) is 3.44. The number of nitrogens with one attached hydrogen (secondary N) is 2. The van der Waals surface area contributed by atoms with Gasteiger partial charge in [0, 0.05) is 47.1 Å². The van der Waals surface area contributed by atoms with E-state index >= 15 is 0 Å². The zero-order valence-electron chi connectivity index (χ0n) is 19.7. The molecular formula is C27H31ClN4OS. The van der Waals surface area contributed by atoms with Gasteiger partial charge in [-0.05, 0) is 48.1 Å². The van der Waals surface area contributed by atoms with Crippen LogP contribution < -0.4 is 5.32 Å². The molecule has 7 heteroatoms. The Morgan fingerprint density at radius 2 is 2.03 bits per heavy atom. The van der Waals surface area contributed by atoms with E-state index < -0.39 is 0 Å². The van der Waals surface area contributed by atoms with E-state index in [-0.39, 0.29) is 5.91 Å². The molecule has 0 fully saturated rings. The maximum atomic E-state index is 12.5. The first-order valence-electron chi connectivity index (χ1n) is 11.7. The van der Waals surface area contributed by atoms with E-state index in [1.807, 2.05) is 29.6 Å². The molecule has 0 saturated heterocycles. The number of rotatable bonds is 11. The normalized spacial score (nSPS) is 11.6. The number of amides is 1. The Morgan fingerprint density at radius 3 is 2.85 bits per heavy atom. The first kappa shape index (κ1) is 24.5. The van der Waals surface area contributed by atoms with Gasteiger partial charge in [0.1, 0.15) is 10.7 Å². The van der Waals surface area contributed by atoms with E-state index in [2.05, 4.69) is 64.5 Å². The summed E-state index contributed by atoms with van der Waals surface area (Å²) in [5.41, 5.74) is 4.13. The van der Waals surface area contributed by atoms with Crippen LogP contribution in [-0.4, -0.2) is 33.9 Å². The zero-order valence-corrected chi connectivity index (χ0v) is 21.3. The van der Waals surface area contributed by atoms with Crippen LogP contribution in [0.1, 0.15) is 46.9 Å². The largest absolute Gasteiger partial charge is 0.361 e. The second kappa shape index (κ2) is 11.6. The molecule has 1 amide bonds. The number of aromatic amines is 1. The monoisotopic (exact) mass is 494 g/mol. The molecule has 0 aliphatic heterocycles. The van der Waals surface area contributed by atoms with Gasteiger partial charge in [0.15, 0.2) is 0 Å². The summed E-state index contributed by atoms with van der Waals surface area (Å²) >= 11 is 7.77. The number of hydrogen-bond donors (Lipinski definition) is 2. The highest BCUT2D eigenvalue weighted by Crippen LogP contribution is 2.21. The van der Waals surface area contributed by atoms with Crippen molar-refractivity contribution in [2.75, 3.05) is 13.1 Å². The van der Waals surface area contributed by atoms with E-state index in [1.165, 1.54) is 22.3 Å². The molecule has 178 valence electrons. The molecule has 0 atom stereocenters. The van der Waals surface area contributed by atoms with Crippen molar-refractivity contribution in [2.45, 2.75) is 39.8 Å². The van der Waals surface area contributed by atoms with Gasteiger partial charge in [-0.25, -0.2) is 4.98 Å². The van der Waals surface area contributed by atoms with Crippen LogP contribution in [-0.2, 0) is 19.5 Å². The molecule has 0 spiro atoms. The topological polar surface area (TPSA) is 61.0 Å². The molecule has 0 radical (unpaired) electrons. The van der Waals surface area contributed by atoms with E-state index in [1.54, 1.807) is 0 Å². The fourth-order valence-electron chi connectivity index (χ4n) is 3.97. The molecule has 0 aliphatic rings. The molecule has 5 nitrogen and oxygen atoms in total. The van der Waals surface area contributed by atoms with Crippen molar-refractivity contribution in [3.8, 4) is 0 Å². The number of thiazole rings is 1. The Labute approximate surface area is 210 Å². The minimum atomic E-state index is -0.0941. The summed E-state index contributed by atoms with van der Waals surface area (Å²) in [6.45, 7) is 7.28. The summed E-state index contributed by atoms with van der Waals surface area (Å²) in [6, 6.07) is 16.4. The molecule has 2 aromatic heterocycles. The summed E-state index contributed by atoms with van der Waals surface area (Å²) in [6.07, 6.45) is 3.98. The number of fused-ring (bicyclic) bond motifs is 1. The van der Waals surface area contributed by atoms with Crippen LogP contribution in [0.3, 0.4) is 0 Å². The molecule has 0 bridgehead atoms. The van der Waals surface area contributed by atoms with Crippen LogP contribution in [0.15, 0.2) is 60.1 Å². The molecule has 2 aromatic carbocycles. The van der Waals surface area contributed by atoms with Crippen molar-refractivity contribution in [1.29, 1.82) is 0 Å². The van der Waals surface area contributed by atoms with Crippen molar-refractivity contribution in [2.24, 2.45) is 5.92 Å². The number of hydrogen-bond acceptors (Lipinski definition) is 4. The molecule has 0 saturated carbocycles. The van der Waals surface area contributed by atoms with E-state index in [0.29, 0.717) is 24.7 Å². The fourth-order valence-corrected chi connectivity index (χ4v) is 5.00. The van der Waals surface area contributed by atoms with Gasteiger partial charge in [-0.3, -0.25) is 9.69 Å². The van der Waals surface area contributed by atoms with Crippen molar-refractivity contribution in [1.82, 2.24) is 20.2 Å². The first-order chi connectivity index (χ1) is 16.5. The average molecular weight is 495 g/mol. The third kappa shape index (κ3) is 6.69. The third-order valence-electron chi connectivity index (χ3n) is 5.82. The molecule has 0 aliphatic carbocycles. The summed E-state index contributed by atoms with van der Waals surface area (Å²) in [5, 5.41) is 7.78. The maximum absolute atomic E-state index is 12.5. The fraction of sp³-hybridized carbons (Fsp3) is 0.333. The van der Waals surface area contributed by atoms with Gasteiger partial charge >= 0.3 is 0 Å². The van der Waals surface area contributed by atoms with Gasteiger partial charge in [0.05, 0.1) is 6.54 Å². The van der Waals surface area contributed by atoms with E-state index in [9.17, 15) is 4.79 Å². The van der Waals surface area contributed by atoms with Crippen LogP contribution in [0, 0.1) is 5.92 Å². The second-order valence-corrected chi connectivity index (χ2v) is 10.4. The van der Waals surface area contributed by atoms with Crippen molar-refractivity contribution in [3.05, 3.63) is 87.0 Å². The van der Waals surface area contributed by atoms with Crippen LogP contribution in [0.4, 0.5) is 0 Å². The van der Waals surface area contributed by atoms with Gasteiger partial charge in [-0.15, -0.1) is 11.3 Å². The smallest absolute Gasteiger partial charge is 0.270 e. The number of benzene rings is 2. The lowest BCUT2D eigenvalue weighted by atomic mass is 10.1. The van der Waals surface area contributed by atoms with Crippen molar-refractivity contribution < 1.29 is 4.79 Å². The zero-order chi connectivity index (χ0) is 23.9. The number of carbonyl (C=O) groups is 1. The lowest BCUT2D eigenvalue weighted by molar-refractivity contribution is 0.0947. The number of aromatic nitrogens is 2. The molecular weight excluding hydrogens is 464 g/mol. The summed E-state index contributed by atoms with van der Waals surface area (Å²) in [7, 11) is 0. The van der Waals surface area contributed by atoms with Crippen LogP contribution in [0.25, 0.3) is 10.9 Å². The number of carbonyl (C=O) groups excluding carboxylic acids is 1. The lowest BCUT2D eigenvalue weighted by Gasteiger charge is -2.21. The highest BCUT2D eigenvalue weighted by atomic mass is 35.5. The minimum absolute atomic E-state index is 0.0941. The summed E-state index contributed by atoms with van der Waals surface area (Å²) in [4.78, 5) is 22.8. The predicted molar refractivity (Wildman–Crippen MR) is 141 cm³/mol. The van der Waals surface area contributed by atoms with Crippen LogP contribution >= 0.6 is 22.9 Å². The minimum Gasteiger partial charge on any atom is -0.361 e. The Kier molecular flexibility index (Phi) is 8.38. The van der Waals surface area contributed by atoms with E-state index in [0.717, 1.165) is 47.0 Å². The first-order valence-corrected chi connectivity index (χ1v) is 13.0. The van der Waals surface area contributed by atoms with E-state index in [4.69, 9.17) is 11.6 Å². The Hall–Kier alpha value is -2.67. The molecule has 0 unspecified atom stereocenters. The van der Waals surface area contributed by atoms with Crippen LogP contribution in [0.2, 0.25) is 5.02 Å². The second-order valence-electron chi connectivity index (χ2n) is 9.01. The predicted octanol–water partition coefficient (Wildman–Crippen LogP) is 6.30. The van der Waals surface area contributed by atoms with Gasteiger partial charge in [-0.1, -0.05) is 55.8 Å². The summed E-state index contributed by atoms with van der Waals surface area (Å²) in [5.74, 6) is 0.465. The molecule has 2 heterocycles. The Balaban J connectivity index is 1.45. The molecule has 2 N–H and O–H groups in total. The standard InChI is InChI=1S/C27H31ClN4OS/c1-19(2)10-12-29-27(33)25-18-34-26(31-25)17-32(16-20-6-5-7-22(28)14-20)13-11-21-15-30-24-9-4-3-8-23(21)24/h3-9,14-15,18-19,30H,10-13,16-17H2,1-2H3,(H,29,33). The number of halogens is 1. The van der Waals surface area contributed by atoms with Crippen molar-refractivity contribution >= 4 is 39.7 Å².